The summed E-state index contributed by atoms with van der Waals surface area (Å²) in [6.07, 6.45) is 7.56. The molecule has 0 aliphatic heterocycles. The Labute approximate surface area is 145 Å². The van der Waals surface area contributed by atoms with Crippen LogP contribution < -0.4 is 0 Å². The molecule has 3 rings (SSSR count). The number of nitrogens with zero attached hydrogens (tertiary/aromatic N) is 3. The first-order valence-corrected chi connectivity index (χ1v) is 9.17. The summed E-state index contributed by atoms with van der Waals surface area (Å²) in [5.41, 5.74) is 5.48. The predicted molar refractivity (Wildman–Crippen MR) is 96.8 cm³/mol. The standard InChI is InChI=1S/C20H29N3O/c1-3-19-17(14-22(2)21-19)15-23(12-7-13-24)20-11-6-9-16-8-4-5-10-18(16)20/h4-5,8,10,14,20,24H,3,6-7,9,11-13,15H2,1-2H3. The van der Waals surface area contributed by atoms with Gasteiger partial charge in [0.05, 0.1) is 5.69 Å². The normalized spacial score (nSPS) is 17.2. The number of aryl methyl sites for hydroxylation is 3. The Balaban J connectivity index is 1.87. The fourth-order valence-electron chi connectivity index (χ4n) is 3.96. The summed E-state index contributed by atoms with van der Waals surface area (Å²) in [5, 5.41) is 13.9. The van der Waals surface area contributed by atoms with Crippen LogP contribution in [0.25, 0.3) is 0 Å². The molecule has 1 aliphatic rings. The highest BCUT2D eigenvalue weighted by Crippen LogP contribution is 2.35. The van der Waals surface area contributed by atoms with Gasteiger partial charge in [0.15, 0.2) is 0 Å². The summed E-state index contributed by atoms with van der Waals surface area (Å²) in [4.78, 5) is 2.55. The number of fused-ring (bicyclic) bond motifs is 1. The third-order valence-corrected chi connectivity index (χ3v) is 5.08. The van der Waals surface area contributed by atoms with Crippen LogP contribution in [0.4, 0.5) is 0 Å². The van der Waals surface area contributed by atoms with Crippen LogP contribution >= 0.6 is 0 Å². The molecule has 24 heavy (non-hydrogen) atoms. The van der Waals surface area contributed by atoms with E-state index in [1.807, 2.05) is 11.7 Å². The Bertz CT molecular complexity index is 665. The zero-order valence-electron chi connectivity index (χ0n) is 14.9. The number of rotatable bonds is 7. The van der Waals surface area contributed by atoms with Crippen LogP contribution in [0.15, 0.2) is 30.5 Å². The molecule has 0 bridgehead atoms. The first-order chi connectivity index (χ1) is 11.7. The second-order valence-corrected chi connectivity index (χ2v) is 6.78. The van der Waals surface area contributed by atoms with Crippen LogP contribution in [-0.4, -0.2) is 32.9 Å². The molecule has 1 aromatic heterocycles. The zero-order valence-corrected chi connectivity index (χ0v) is 14.9. The van der Waals surface area contributed by atoms with Gasteiger partial charge in [-0.3, -0.25) is 9.58 Å². The zero-order chi connectivity index (χ0) is 16.9. The molecule has 4 heteroatoms. The van der Waals surface area contributed by atoms with E-state index in [4.69, 9.17) is 0 Å². The van der Waals surface area contributed by atoms with Crippen molar-refractivity contribution in [3.8, 4) is 0 Å². The van der Waals surface area contributed by atoms with Gasteiger partial charge in [-0.15, -0.1) is 0 Å². The van der Waals surface area contributed by atoms with Gasteiger partial charge in [-0.25, -0.2) is 0 Å². The topological polar surface area (TPSA) is 41.3 Å². The average molecular weight is 327 g/mol. The molecule has 1 atom stereocenters. The Kier molecular flexibility index (Phi) is 5.69. The van der Waals surface area contributed by atoms with Crippen LogP contribution in [0.2, 0.25) is 0 Å². The molecule has 1 aliphatic carbocycles. The molecular weight excluding hydrogens is 298 g/mol. The predicted octanol–water partition coefficient (Wildman–Crippen LogP) is 3.24. The van der Waals surface area contributed by atoms with E-state index in [1.54, 1.807) is 0 Å². The monoisotopic (exact) mass is 327 g/mol. The van der Waals surface area contributed by atoms with E-state index in [2.05, 4.69) is 47.4 Å². The molecule has 2 aromatic rings. The second-order valence-electron chi connectivity index (χ2n) is 6.78. The van der Waals surface area contributed by atoms with Gasteiger partial charge in [-0.05, 0) is 43.2 Å². The van der Waals surface area contributed by atoms with Crippen molar-refractivity contribution < 1.29 is 5.11 Å². The summed E-state index contributed by atoms with van der Waals surface area (Å²) in [7, 11) is 2.00. The first kappa shape index (κ1) is 17.2. The van der Waals surface area contributed by atoms with E-state index in [0.717, 1.165) is 25.9 Å². The highest BCUT2D eigenvalue weighted by molar-refractivity contribution is 5.32. The number of hydrogen-bond donors (Lipinski definition) is 1. The smallest absolute Gasteiger partial charge is 0.0666 e. The fraction of sp³-hybridized carbons (Fsp3) is 0.550. The lowest BCUT2D eigenvalue weighted by Gasteiger charge is -2.36. The van der Waals surface area contributed by atoms with Crippen molar-refractivity contribution in [2.45, 2.75) is 51.6 Å². The minimum absolute atomic E-state index is 0.249. The largest absolute Gasteiger partial charge is 0.396 e. The van der Waals surface area contributed by atoms with Crippen molar-refractivity contribution in [2.75, 3.05) is 13.2 Å². The van der Waals surface area contributed by atoms with E-state index in [9.17, 15) is 5.11 Å². The van der Waals surface area contributed by atoms with Gasteiger partial charge < -0.3 is 5.11 Å². The molecule has 0 saturated heterocycles. The van der Waals surface area contributed by atoms with Crippen molar-refractivity contribution in [1.29, 1.82) is 0 Å². The molecule has 1 heterocycles. The molecule has 0 radical (unpaired) electrons. The maximum absolute atomic E-state index is 9.34. The SMILES string of the molecule is CCc1nn(C)cc1CN(CCCO)C1CCCc2ccccc21. The first-order valence-electron chi connectivity index (χ1n) is 9.17. The molecule has 1 N–H and O–H groups in total. The molecule has 4 nitrogen and oxygen atoms in total. The van der Waals surface area contributed by atoms with Gasteiger partial charge in [0.1, 0.15) is 0 Å². The van der Waals surface area contributed by atoms with Crippen LogP contribution in [-0.2, 0) is 26.4 Å². The van der Waals surface area contributed by atoms with E-state index in [-0.39, 0.29) is 6.61 Å². The Hall–Kier alpha value is -1.65. The van der Waals surface area contributed by atoms with Crippen LogP contribution in [0.5, 0.6) is 0 Å². The van der Waals surface area contributed by atoms with Gasteiger partial charge in [0.2, 0.25) is 0 Å². The molecule has 1 aromatic carbocycles. The van der Waals surface area contributed by atoms with Gasteiger partial charge in [0.25, 0.3) is 0 Å². The van der Waals surface area contributed by atoms with Gasteiger partial charge in [-0.2, -0.15) is 5.10 Å². The lowest BCUT2D eigenvalue weighted by molar-refractivity contribution is 0.151. The minimum atomic E-state index is 0.249. The van der Waals surface area contributed by atoms with E-state index in [0.29, 0.717) is 6.04 Å². The Morgan fingerprint density at radius 2 is 2.17 bits per heavy atom. The maximum Gasteiger partial charge on any atom is 0.0666 e. The van der Waals surface area contributed by atoms with Gasteiger partial charge in [0, 0.05) is 44.5 Å². The van der Waals surface area contributed by atoms with E-state index >= 15 is 0 Å². The average Bonchev–Trinajstić information content (AvgIpc) is 2.97. The quantitative estimate of drug-likeness (QED) is 0.849. The molecule has 1 unspecified atom stereocenters. The summed E-state index contributed by atoms with van der Waals surface area (Å²) in [6.45, 7) is 4.25. The summed E-state index contributed by atoms with van der Waals surface area (Å²) in [5.74, 6) is 0. The lowest BCUT2D eigenvalue weighted by Crippen LogP contribution is -2.32. The van der Waals surface area contributed by atoms with Crippen molar-refractivity contribution in [1.82, 2.24) is 14.7 Å². The molecule has 0 amide bonds. The van der Waals surface area contributed by atoms with E-state index < -0.39 is 0 Å². The highest BCUT2D eigenvalue weighted by Gasteiger charge is 2.26. The highest BCUT2D eigenvalue weighted by atomic mass is 16.3. The molecule has 0 spiro atoms. The summed E-state index contributed by atoms with van der Waals surface area (Å²) < 4.78 is 1.92. The molecule has 0 fully saturated rings. The Morgan fingerprint density at radius 3 is 2.96 bits per heavy atom. The van der Waals surface area contributed by atoms with Gasteiger partial charge >= 0.3 is 0 Å². The number of benzene rings is 1. The van der Waals surface area contributed by atoms with Crippen molar-refractivity contribution in [3.05, 3.63) is 52.8 Å². The molecule has 130 valence electrons. The second kappa shape index (κ2) is 7.95. The summed E-state index contributed by atoms with van der Waals surface area (Å²) >= 11 is 0. The van der Waals surface area contributed by atoms with Crippen molar-refractivity contribution in [2.24, 2.45) is 7.05 Å². The molecular formula is C20H29N3O. The summed E-state index contributed by atoms with van der Waals surface area (Å²) in [6, 6.07) is 9.31. The third kappa shape index (κ3) is 3.70. The van der Waals surface area contributed by atoms with Gasteiger partial charge in [-0.1, -0.05) is 31.2 Å². The maximum atomic E-state index is 9.34. The molecule has 0 saturated carbocycles. The third-order valence-electron chi connectivity index (χ3n) is 5.08. The number of aromatic nitrogens is 2. The number of aliphatic hydroxyl groups is 1. The lowest BCUT2D eigenvalue weighted by atomic mass is 9.86. The van der Waals surface area contributed by atoms with Crippen molar-refractivity contribution >= 4 is 0 Å². The Morgan fingerprint density at radius 1 is 1.33 bits per heavy atom. The van der Waals surface area contributed by atoms with E-state index in [1.165, 1.54) is 41.6 Å². The minimum Gasteiger partial charge on any atom is -0.396 e. The number of aliphatic hydroxyl groups excluding tert-OH is 1. The number of hydrogen-bond acceptors (Lipinski definition) is 3. The van der Waals surface area contributed by atoms with Crippen LogP contribution in [0.1, 0.15) is 54.6 Å². The van der Waals surface area contributed by atoms with Crippen LogP contribution in [0, 0.1) is 0 Å². The van der Waals surface area contributed by atoms with Crippen LogP contribution in [0.3, 0.4) is 0 Å². The van der Waals surface area contributed by atoms with Crippen molar-refractivity contribution in [3.63, 3.8) is 0 Å². The fourth-order valence-corrected chi connectivity index (χ4v) is 3.96.